The topological polar surface area (TPSA) is 46.2 Å². The molecule has 106 valence electrons. The lowest BCUT2D eigenvalue weighted by molar-refractivity contribution is 0.310. The zero-order valence-corrected chi connectivity index (χ0v) is 11.5. The highest BCUT2D eigenvalue weighted by molar-refractivity contribution is 7.89. The maximum Gasteiger partial charge on any atom is 0.243 e. The van der Waals surface area contributed by atoms with Crippen LogP contribution in [0, 0.1) is 17.6 Å². The van der Waals surface area contributed by atoms with Crippen LogP contribution in [0.1, 0.15) is 32.6 Å². The monoisotopic (exact) mass is 289 g/mol. The molecule has 1 aromatic rings. The first-order valence-corrected chi connectivity index (χ1v) is 7.86. The summed E-state index contributed by atoms with van der Waals surface area (Å²) in [5.74, 6) is -1.62. The molecule has 2 rings (SSSR count). The number of hydrogen-bond donors (Lipinski definition) is 1. The van der Waals surface area contributed by atoms with Crippen LogP contribution in [0.5, 0.6) is 0 Å². The van der Waals surface area contributed by atoms with E-state index in [4.69, 9.17) is 0 Å². The number of nitrogens with one attached hydrogen (secondary N) is 1. The normalized spacial score (nSPS) is 24.4. The summed E-state index contributed by atoms with van der Waals surface area (Å²) in [4.78, 5) is -0.494. The van der Waals surface area contributed by atoms with Gasteiger partial charge in [0.05, 0.1) is 0 Å². The summed E-state index contributed by atoms with van der Waals surface area (Å²) in [5.41, 5.74) is 0. The van der Waals surface area contributed by atoms with E-state index in [0.29, 0.717) is 6.07 Å². The summed E-state index contributed by atoms with van der Waals surface area (Å²) < 4.78 is 53.1. The minimum Gasteiger partial charge on any atom is -0.208 e. The van der Waals surface area contributed by atoms with Gasteiger partial charge >= 0.3 is 0 Å². The molecule has 0 saturated heterocycles. The third-order valence-corrected chi connectivity index (χ3v) is 5.12. The van der Waals surface area contributed by atoms with Crippen LogP contribution in [0.2, 0.25) is 0 Å². The van der Waals surface area contributed by atoms with Crippen LogP contribution in [-0.4, -0.2) is 14.5 Å². The second kappa shape index (κ2) is 5.54. The van der Waals surface area contributed by atoms with Crippen molar-refractivity contribution in [3.8, 4) is 0 Å². The van der Waals surface area contributed by atoms with Gasteiger partial charge in [0.2, 0.25) is 10.0 Å². The van der Waals surface area contributed by atoms with E-state index in [1.54, 1.807) is 0 Å². The summed E-state index contributed by atoms with van der Waals surface area (Å²) in [5, 5.41) is 0. The third-order valence-electron chi connectivity index (χ3n) is 3.60. The van der Waals surface area contributed by atoms with Gasteiger partial charge in [-0.05, 0) is 30.9 Å². The van der Waals surface area contributed by atoms with Gasteiger partial charge in [-0.25, -0.2) is 21.9 Å². The Morgan fingerprint density at radius 3 is 2.53 bits per heavy atom. The molecule has 1 N–H and O–H groups in total. The molecule has 0 unspecified atom stereocenters. The van der Waals surface area contributed by atoms with Crippen molar-refractivity contribution >= 4 is 10.0 Å². The van der Waals surface area contributed by atoms with Crippen molar-refractivity contribution in [3.63, 3.8) is 0 Å². The first kappa shape index (κ1) is 14.4. The molecule has 1 fully saturated rings. The van der Waals surface area contributed by atoms with Gasteiger partial charge in [0.25, 0.3) is 0 Å². The van der Waals surface area contributed by atoms with Crippen LogP contribution >= 0.6 is 0 Å². The largest absolute Gasteiger partial charge is 0.243 e. The summed E-state index contributed by atoms with van der Waals surface area (Å²) in [6.07, 6.45) is 3.76. The van der Waals surface area contributed by atoms with Gasteiger partial charge in [-0.3, -0.25) is 0 Å². The molecule has 2 atom stereocenters. The van der Waals surface area contributed by atoms with E-state index in [0.717, 1.165) is 37.8 Å². The Kier molecular flexibility index (Phi) is 4.20. The van der Waals surface area contributed by atoms with Crippen molar-refractivity contribution in [1.82, 2.24) is 4.72 Å². The molecule has 0 bridgehead atoms. The Morgan fingerprint density at radius 1 is 1.21 bits per heavy atom. The van der Waals surface area contributed by atoms with Crippen molar-refractivity contribution in [2.45, 2.75) is 43.5 Å². The van der Waals surface area contributed by atoms with Gasteiger partial charge in [-0.2, -0.15) is 0 Å². The average molecular weight is 289 g/mol. The molecule has 1 aromatic carbocycles. The van der Waals surface area contributed by atoms with Crippen LogP contribution in [0.3, 0.4) is 0 Å². The van der Waals surface area contributed by atoms with Crippen LogP contribution in [-0.2, 0) is 10.0 Å². The minimum atomic E-state index is -3.93. The zero-order valence-electron chi connectivity index (χ0n) is 10.7. The molecule has 3 nitrogen and oxygen atoms in total. The molecule has 0 amide bonds. The molecule has 1 aliphatic rings. The molecule has 0 aromatic heterocycles. The maximum absolute atomic E-state index is 13.5. The highest BCUT2D eigenvalue weighted by Gasteiger charge is 2.28. The van der Waals surface area contributed by atoms with E-state index in [1.807, 2.05) is 6.92 Å². The smallest absolute Gasteiger partial charge is 0.208 e. The van der Waals surface area contributed by atoms with Crippen molar-refractivity contribution < 1.29 is 17.2 Å². The third kappa shape index (κ3) is 3.30. The van der Waals surface area contributed by atoms with Crippen molar-refractivity contribution in [1.29, 1.82) is 0 Å². The Hall–Kier alpha value is -1.01. The SMILES string of the molecule is C[C@H]1CCCC[C@@H]1NS(=O)(=O)c1ccc(F)cc1F. The minimum absolute atomic E-state index is 0.178. The zero-order chi connectivity index (χ0) is 14.0. The predicted molar refractivity (Wildman–Crippen MR) is 68.1 cm³/mol. The highest BCUT2D eigenvalue weighted by atomic mass is 32.2. The Morgan fingerprint density at radius 2 is 1.89 bits per heavy atom. The number of halogens is 2. The Labute approximate surface area is 112 Å². The van der Waals surface area contributed by atoms with Crippen LogP contribution in [0.4, 0.5) is 8.78 Å². The lowest BCUT2D eigenvalue weighted by atomic mass is 9.87. The molecule has 0 spiro atoms. The standard InChI is InChI=1S/C13H17F2NO2S/c1-9-4-2-3-5-12(9)16-19(17,18)13-7-6-10(14)8-11(13)15/h6-9,12,16H,2-5H2,1H3/t9-,12-/m0/s1. The van der Waals surface area contributed by atoms with E-state index in [-0.39, 0.29) is 12.0 Å². The van der Waals surface area contributed by atoms with Crippen LogP contribution in [0.25, 0.3) is 0 Å². The number of sulfonamides is 1. The Balaban J connectivity index is 2.22. The second-order valence-electron chi connectivity index (χ2n) is 5.06. The quantitative estimate of drug-likeness (QED) is 0.930. The van der Waals surface area contributed by atoms with E-state index in [1.165, 1.54) is 0 Å². The predicted octanol–water partition coefficient (Wildman–Crippen LogP) is 2.82. The molecular weight excluding hydrogens is 272 g/mol. The highest BCUT2D eigenvalue weighted by Crippen LogP contribution is 2.26. The molecule has 0 heterocycles. The summed E-state index contributed by atoms with van der Waals surface area (Å²) in [6.45, 7) is 1.98. The van der Waals surface area contributed by atoms with Gasteiger partial charge < -0.3 is 0 Å². The fourth-order valence-electron chi connectivity index (χ4n) is 2.45. The molecule has 1 aliphatic carbocycles. The van der Waals surface area contributed by atoms with Gasteiger partial charge in [0.1, 0.15) is 16.5 Å². The molecule has 0 radical (unpaired) electrons. The molecule has 19 heavy (non-hydrogen) atoms. The number of benzene rings is 1. The molecule has 0 aliphatic heterocycles. The fourth-order valence-corrected chi connectivity index (χ4v) is 3.89. The lowest BCUT2D eigenvalue weighted by Crippen LogP contribution is -2.41. The van der Waals surface area contributed by atoms with Crippen molar-refractivity contribution in [3.05, 3.63) is 29.8 Å². The summed E-state index contributed by atoms with van der Waals surface area (Å²) >= 11 is 0. The number of hydrogen-bond acceptors (Lipinski definition) is 2. The summed E-state index contributed by atoms with van der Waals surface area (Å²) in [7, 11) is -3.93. The van der Waals surface area contributed by atoms with Gasteiger partial charge in [0.15, 0.2) is 0 Å². The molecular formula is C13H17F2NO2S. The number of rotatable bonds is 3. The van der Waals surface area contributed by atoms with Gasteiger partial charge in [-0.15, -0.1) is 0 Å². The first-order valence-electron chi connectivity index (χ1n) is 6.37. The van der Waals surface area contributed by atoms with Crippen molar-refractivity contribution in [2.75, 3.05) is 0 Å². The molecule has 6 heteroatoms. The molecule has 1 saturated carbocycles. The second-order valence-corrected chi connectivity index (χ2v) is 6.75. The van der Waals surface area contributed by atoms with Crippen LogP contribution in [0.15, 0.2) is 23.1 Å². The van der Waals surface area contributed by atoms with E-state index in [9.17, 15) is 17.2 Å². The maximum atomic E-state index is 13.5. The lowest BCUT2D eigenvalue weighted by Gasteiger charge is -2.29. The Bertz CT molecular complexity index is 560. The average Bonchev–Trinajstić information content (AvgIpc) is 2.31. The first-order chi connectivity index (χ1) is 8.90. The summed E-state index contributed by atoms with van der Waals surface area (Å²) in [6, 6.07) is 2.31. The van der Waals surface area contributed by atoms with Crippen LogP contribution < -0.4 is 4.72 Å². The van der Waals surface area contributed by atoms with E-state index >= 15 is 0 Å². The van der Waals surface area contributed by atoms with Crippen molar-refractivity contribution in [2.24, 2.45) is 5.92 Å². The van der Waals surface area contributed by atoms with E-state index < -0.39 is 26.6 Å². The fraction of sp³-hybridized carbons (Fsp3) is 0.538. The van der Waals surface area contributed by atoms with Gasteiger partial charge in [0, 0.05) is 12.1 Å². The van der Waals surface area contributed by atoms with Gasteiger partial charge in [-0.1, -0.05) is 19.8 Å². The van der Waals surface area contributed by atoms with E-state index in [2.05, 4.69) is 4.72 Å².